The number of para-hydroxylation sites is 1. The molecule has 1 aromatic carbocycles. The molecule has 21 heavy (non-hydrogen) atoms. The quantitative estimate of drug-likeness (QED) is 0.652. The van der Waals surface area contributed by atoms with E-state index in [4.69, 9.17) is 15.9 Å². The fourth-order valence-electron chi connectivity index (χ4n) is 2.21. The van der Waals surface area contributed by atoms with Gasteiger partial charge in [-0.3, -0.25) is 5.41 Å². The number of ether oxygens (including phenoxy) is 1. The number of amidine groups is 1. The molecule has 0 atom stereocenters. The summed E-state index contributed by atoms with van der Waals surface area (Å²) in [5, 5.41) is 7.68. The van der Waals surface area contributed by atoms with Gasteiger partial charge in [-0.15, -0.1) is 0 Å². The number of anilines is 1. The highest BCUT2D eigenvalue weighted by Gasteiger charge is 2.13. The summed E-state index contributed by atoms with van der Waals surface area (Å²) in [6.45, 7) is 2.55. The third-order valence-corrected chi connectivity index (χ3v) is 3.27. The highest BCUT2D eigenvalue weighted by atomic mass is 16.5. The highest BCUT2D eigenvalue weighted by Crippen LogP contribution is 2.23. The van der Waals surface area contributed by atoms with Crippen LogP contribution in [0.3, 0.4) is 0 Å². The van der Waals surface area contributed by atoms with Crippen LogP contribution < -0.4 is 15.4 Å². The first-order valence-electron chi connectivity index (χ1n) is 6.68. The maximum absolute atomic E-state index is 7.68. The minimum absolute atomic E-state index is 0.0179. The fourth-order valence-corrected chi connectivity index (χ4v) is 2.21. The summed E-state index contributed by atoms with van der Waals surface area (Å²) in [7, 11) is 3.59. The number of benzene rings is 1. The van der Waals surface area contributed by atoms with Crippen molar-refractivity contribution < 1.29 is 4.74 Å². The topological polar surface area (TPSA) is 75.2 Å². The molecule has 0 aliphatic rings. The van der Waals surface area contributed by atoms with Crippen LogP contribution in [-0.4, -0.2) is 25.0 Å². The molecule has 0 spiro atoms. The summed E-state index contributed by atoms with van der Waals surface area (Å²) >= 11 is 0. The van der Waals surface area contributed by atoms with Crippen LogP contribution in [0.25, 0.3) is 0 Å². The molecule has 0 amide bonds. The van der Waals surface area contributed by atoms with E-state index in [1.165, 1.54) is 0 Å². The number of hydrogen-bond donors (Lipinski definition) is 2. The third-order valence-electron chi connectivity index (χ3n) is 3.27. The SMILES string of the molecule is COc1ccccc1CN(C)c1nc(C)ccc1C(=N)N. The van der Waals surface area contributed by atoms with E-state index in [0.717, 1.165) is 17.0 Å². The number of nitrogens with zero attached hydrogens (tertiary/aromatic N) is 2. The van der Waals surface area contributed by atoms with Crippen molar-refractivity contribution in [3.05, 3.63) is 53.2 Å². The van der Waals surface area contributed by atoms with Gasteiger partial charge in [0.1, 0.15) is 17.4 Å². The van der Waals surface area contributed by atoms with Gasteiger partial charge in [-0.05, 0) is 25.1 Å². The number of hydrogen-bond acceptors (Lipinski definition) is 4. The van der Waals surface area contributed by atoms with Crippen LogP contribution in [0.15, 0.2) is 36.4 Å². The molecule has 2 rings (SSSR count). The first kappa shape index (κ1) is 14.8. The Morgan fingerprint density at radius 1 is 1.29 bits per heavy atom. The molecule has 1 heterocycles. The van der Waals surface area contributed by atoms with E-state index in [2.05, 4.69) is 4.98 Å². The zero-order valence-corrected chi connectivity index (χ0v) is 12.6. The van der Waals surface area contributed by atoms with E-state index >= 15 is 0 Å². The smallest absolute Gasteiger partial charge is 0.139 e. The van der Waals surface area contributed by atoms with Gasteiger partial charge in [0.25, 0.3) is 0 Å². The minimum atomic E-state index is 0.0179. The van der Waals surface area contributed by atoms with Gasteiger partial charge in [-0.1, -0.05) is 18.2 Å². The summed E-state index contributed by atoms with van der Waals surface area (Å²) in [4.78, 5) is 6.48. The van der Waals surface area contributed by atoms with Crippen molar-refractivity contribution >= 4 is 11.7 Å². The van der Waals surface area contributed by atoms with E-state index in [1.54, 1.807) is 7.11 Å². The lowest BCUT2D eigenvalue weighted by molar-refractivity contribution is 0.409. The molecule has 0 saturated heterocycles. The Bertz CT molecular complexity index is 654. The average molecular weight is 284 g/mol. The molecular formula is C16H20N4O. The van der Waals surface area contributed by atoms with E-state index in [0.29, 0.717) is 17.9 Å². The largest absolute Gasteiger partial charge is 0.496 e. The maximum Gasteiger partial charge on any atom is 0.139 e. The molecule has 0 saturated carbocycles. The first-order chi connectivity index (χ1) is 10.0. The van der Waals surface area contributed by atoms with Crippen LogP contribution in [-0.2, 0) is 6.54 Å². The van der Waals surface area contributed by atoms with Gasteiger partial charge in [0.05, 0.1) is 12.7 Å². The molecule has 5 nitrogen and oxygen atoms in total. The van der Waals surface area contributed by atoms with Gasteiger partial charge in [0, 0.05) is 24.8 Å². The molecule has 3 N–H and O–H groups in total. The average Bonchev–Trinajstić information content (AvgIpc) is 2.47. The summed E-state index contributed by atoms with van der Waals surface area (Å²) in [6, 6.07) is 11.5. The lowest BCUT2D eigenvalue weighted by Crippen LogP contribution is -2.23. The lowest BCUT2D eigenvalue weighted by atomic mass is 10.1. The van der Waals surface area contributed by atoms with Crippen molar-refractivity contribution in [3.8, 4) is 5.75 Å². The molecule has 0 aliphatic heterocycles. The molecule has 0 fully saturated rings. The molecular weight excluding hydrogens is 264 g/mol. The number of nitrogens with two attached hydrogens (primary N) is 1. The first-order valence-corrected chi connectivity index (χ1v) is 6.68. The van der Waals surface area contributed by atoms with E-state index in [-0.39, 0.29) is 5.84 Å². The number of aryl methyl sites for hydroxylation is 1. The Morgan fingerprint density at radius 3 is 2.67 bits per heavy atom. The Hall–Kier alpha value is -2.56. The fraction of sp³-hybridized carbons (Fsp3) is 0.250. The van der Waals surface area contributed by atoms with Crippen molar-refractivity contribution in [1.82, 2.24) is 4.98 Å². The van der Waals surface area contributed by atoms with Crippen LogP contribution in [0.2, 0.25) is 0 Å². The molecule has 0 radical (unpaired) electrons. The monoisotopic (exact) mass is 284 g/mol. The summed E-state index contributed by atoms with van der Waals surface area (Å²) in [5.74, 6) is 1.55. The van der Waals surface area contributed by atoms with Crippen molar-refractivity contribution in [2.24, 2.45) is 5.73 Å². The predicted molar refractivity (Wildman–Crippen MR) is 85.1 cm³/mol. The lowest BCUT2D eigenvalue weighted by Gasteiger charge is -2.22. The zero-order chi connectivity index (χ0) is 15.4. The third kappa shape index (κ3) is 3.31. The second-order valence-corrected chi connectivity index (χ2v) is 4.91. The second kappa shape index (κ2) is 6.26. The van der Waals surface area contributed by atoms with Crippen LogP contribution in [0, 0.1) is 12.3 Å². The van der Waals surface area contributed by atoms with Crippen molar-refractivity contribution in [2.45, 2.75) is 13.5 Å². The highest BCUT2D eigenvalue weighted by molar-refractivity contribution is 5.99. The number of rotatable bonds is 5. The number of aromatic nitrogens is 1. The van der Waals surface area contributed by atoms with Crippen molar-refractivity contribution in [2.75, 3.05) is 19.1 Å². The Morgan fingerprint density at radius 2 is 2.00 bits per heavy atom. The van der Waals surface area contributed by atoms with Gasteiger partial charge in [0.2, 0.25) is 0 Å². The van der Waals surface area contributed by atoms with Crippen molar-refractivity contribution in [3.63, 3.8) is 0 Å². The van der Waals surface area contributed by atoms with Crippen LogP contribution in [0.1, 0.15) is 16.8 Å². The molecule has 110 valence electrons. The molecule has 0 unspecified atom stereocenters. The second-order valence-electron chi connectivity index (χ2n) is 4.91. The van der Waals surface area contributed by atoms with Gasteiger partial charge in [0.15, 0.2) is 0 Å². The van der Waals surface area contributed by atoms with Crippen molar-refractivity contribution in [1.29, 1.82) is 5.41 Å². The van der Waals surface area contributed by atoms with Gasteiger partial charge in [-0.2, -0.15) is 0 Å². The maximum atomic E-state index is 7.68. The van der Waals surface area contributed by atoms with E-state index < -0.39 is 0 Å². The normalized spacial score (nSPS) is 10.2. The Kier molecular flexibility index (Phi) is 4.42. The summed E-state index contributed by atoms with van der Waals surface area (Å²) in [6.07, 6.45) is 0. The standard InChI is InChI=1S/C16H20N4O/c1-11-8-9-13(15(17)18)16(19-11)20(2)10-12-6-4-5-7-14(12)21-3/h4-9H,10H2,1-3H3,(H3,17,18). The number of nitrogens with one attached hydrogen (secondary N) is 1. The predicted octanol–water partition coefficient (Wildman–Crippen LogP) is 2.32. The van der Waals surface area contributed by atoms with E-state index in [1.807, 2.05) is 55.3 Å². The molecule has 0 bridgehead atoms. The molecule has 5 heteroatoms. The Balaban J connectivity index is 2.34. The Labute approximate surface area is 124 Å². The van der Waals surface area contributed by atoms with Gasteiger partial charge in [-0.25, -0.2) is 4.98 Å². The summed E-state index contributed by atoms with van der Waals surface area (Å²) < 4.78 is 5.37. The van der Waals surface area contributed by atoms with Gasteiger partial charge >= 0.3 is 0 Å². The van der Waals surface area contributed by atoms with Crippen LogP contribution >= 0.6 is 0 Å². The van der Waals surface area contributed by atoms with Crippen LogP contribution in [0.4, 0.5) is 5.82 Å². The molecule has 1 aromatic heterocycles. The molecule has 0 aliphatic carbocycles. The number of nitrogen functional groups attached to an aromatic ring is 1. The molecule has 2 aromatic rings. The minimum Gasteiger partial charge on any atom is -0.496 e. The van der Waals surface area contributed by atoms with Gasteiger partial charge < -0.3 is 15.4 Å². The summed E-state index contributed by atoms with van der Waals surface area (Å²) in [5.41, 5.74) is 8.23. The van der Waals surface area contributed by atoms with Crippen LogP contribution in [0.5, 0.6) is 5.75 Å². The zero-order valence-electron chi connectivity index (χ0n) is 12.6. The number of methoxy groups -OCH3 is 1. The number of pyridine rings is 1. The van der Waals surface area contributed by atoms with E-state index in [9.17, 15) is 0 Å².